The molecule has 0 atom stereocenters. The molecule has 0 saturated carbocycles. The van der Waals surface area contributed by atoms with E-state index in [0.717, 1.165) is 26.2 Å². The molecular weight excluding hydrogens is 187 g/mol. The van der Waals surface area contributed by atoms with Crippen molar-refractivity contribution in [2.45, 2.75) is 6.92 Å². The van der Waals surface area contributed by atoms with Gasteiger partial charge in [0.05, 0.1) is 0 Å². The molecule has 5 heteroatoms. The molecule has 0 bridgehead atoms. The zero-order valence-corrected chi connectivity index (χ0v) is 8.43. The van der Waals surface area contributed by atoms with Crippen LogP contribution in [-0.2, 0) is 0 Å². The Bertz CT molecular complexity index is 42.3. The van der Waals surface area contributed by atoms with Crippen molar-refractivity contribution < 1.29 is 5.11 Å². The topological polar surface area (TPSA) is 44.3 Å². The quantitative estimate of drug-likeness (QED) is 0.522. The highest BCUT2D eigenvalue weighted by Crippen LogP contribution is 1.65. The summed E-state index contributed by atoms with van der Waals surface area (Å²) in [7, 11) is 0. The Balaban J connectivity index is -0.000000116. The van der Waals surface area contributed by atoms with Crippen LogP contribution in [0.3, 0.4) is 0 Å². The molecular formula is C6H18Cl2N2O. The van der Waals surface area contributed by atoms with E-state index in [2.05, 4.69) is 10.6 Å². The van der Waals surface area contributed by atoms with Crippen molar-refractivity contribution in [1.29, 1.82) is 0 Å². The van der Waals surface area contributed by atoms with E-state index in [9.17, 15) is 0 Å². The molecule has 1 aliphatic heterocycles. The lowest BCUT2D eigenvalue weighted by Gasteiger charge is -2.11. The van der Waals surface area contributed by atoms with Gasteiger partial charge in [-0.25, -0.2) is 0 Å². The molecule has 1 saturated heterocycles. The Hall–Kier alpha value is 0.460. The normalized spacial score (nSPS) is 14.7. The molecule has 0 aromatic rings. The maximum atomic E-state index is 7.57. The molecule has 1 heterocycles. The zero-order valence-electron chi connectivity index (χ0n) is 6.80. The number of hydrogen-bond donors (Lipinski definition) is 3. The van der Waals surface area contributed by atoms with Crippen molar-refractivity contribution in [3.05, 3.63) is 0 Å². The third-order valence-corrected chi connectivity index (χ3v) is 0.957. The number of rotatable bonds is 0. The van der Waals surface area contributed by atoms with E-state index in [4.69, 9.17) is 5.11 Å². The minimum absolute atomic E-state index is 0. The van der Waals surface area contributed by atoms with E-state index in [1.807, 2.05) is 0 Å². The molecule has 1 fully saturated rings. The predicted octanol–water partition coefficient (Wildman–Crippen LogP) is 0.0214. The Kier molecular flexibility index (Phi) is 26.8. The monoisotopic (exact) mass is 204 g/mol. The second-order valence-electron chi connectivity index (χ2n) is 1.82. The summed E-state index contributed by atoms with van der Waals surface area (Å²) in [6.45, 7) is 6.49. The first kappa shape index (κ1) is 17.5. The van der Waals surface area contributed by atoms with Gasteiger partial charge in [-0.1, -0.05) is 0 Å². The van der Waals surface area contributed by atoms with Gasteiger partial charge in [-0.05, 0) is 6.92 Å². The lowest BCUT2D eigenvalue weighted by Crippen LogP contribution is -2.39. The van der Waals surface area contributed by atoms with Gasteiger partial charge in [0.15, 0.2) is 0 Å². The molecule has 0 amide bonds. The molecule has 0 radical (unpaired) electrons. The van der Waals surface area contributed by atoms with Crippen LogP contribution in [0.15, 0.2) is 0 Å². The molecule has 11 heavy (non-hydrogen) atoms. The van der Waals surface area contributed by atoms with Gasteiger partial charge in [0.25, 0.3) is 0 Å². The summed E-state index contributed by atoms with van der Waals surface area (Å²) in [6.07, 6.45) is 0. The fraction of sp³-hybridized carbons (Fsp3) is 1.00. The Labute approximate surface area is 80.8 Å². The van der Waals surface area contributed by atoms with Crippen LogP contribution in [0.2, 0.25) is 0 Å². The fourth-order valence-corrected chi connectivity index (χ4v) is 0.604. The Morgan fingerprint density at radius 1 is 1.00 bits per heavy atom. The summed E-state index contributed by atoms with van der Waals surface area (Å²) >= 11 is 0. The average Bonchev–Trinajstić information content (AvgIpc) is 1.93. The number of piperazine rings is 1. The third kappa shape index (κ3) is 17.9. The number of nitrogens with one attached hydrogen (secondary N) is 2. The van der Waals surface area contributed by atoms with Crippen molar-refractivity contribution in [3.63, 3.8) is 0 Å². The Morgan fingerprint density at radius 2 is 1.18 bits per heavy atom. The van der Waals surface area contributed by atoms with Crippen LogP contribution in [0.25, 0.3) is 0 Å². The molecule has 3 nitrogen and oxygen atoms in total. The van der Waals surface area contributed by atoms with Crippen LogP contribution in [-0.4, -0.2) is 37.9 Å². The van der Waals surface area contributed by atoms with E-state index in [1.54, 1.807) is 6.92 Å². The summed E-state index contributed by atoms with van der Waals surface area (Å²) in [5, 5.41) is 14.0. The maximum Gasteiger partial charge on any atom is 0.0402 e. The van der Waals surface area contributed by atoms with Crippen molar-refractivity contribution in [2.24, 2.45) is 0 Å². The molecule has 0 aliphatic carbocycles. The molecule has 3 N–H and O–H groups in total. The van der Waals surface area contributed by atoms with Gasteiger partial charge in [-0.2, -0.15) is 0 Å². The fourth-order valence-electron chi connectivity index (χ4n) is 0.604. The summed E-state index contributed by atoms with van der Waals surface area (Å²) in [6, 6.07) is 0. The number of aliphatic hydroxyl groups excluding tert-OH is 1. The molecule has 0 aromatic carbocycles. The van der Waals surface area contributed by atoms with Gasteiger partial charge in [0, 0.05) is 32.8 Å². The van der Waals surface area contributed by atoms with E-state index in [-0.39, 0.29) is 31.4 Å². The van der Waals surface area contributed by atoms with E-state index in [0.29, 0.717) is 0 Å². The van der Waals surface area contributed by atoms with Crippen LogP contribution in [0.1, 0.15) is 6.92 Å². The number of aliphatic hydroxyl groups is 1. The standard InChI is InChI=1S/C4H10N2.C2H6O.2ClH/c1-2-6-4-3-5-1;1-2-3;;/h5-6H,1-4H2;3H,2H2,1H3;2*1H. The van der Waals surface area contributed by atoms with E-state index < -0.39 is 0 Å². The van der Waals surface area contributed by atoms with E-state index >= 15 is 0 Å². The van der Waals surface area contributed by atoms with Gasteiger partial charge in [-0.15, -0.1) is 24.8 Å². The smallest absolute Gasteiger partial charge is 0.0402 e. The third-order valence-electron chi connectivity index (χ3n) is 0.957. The predicted molar refractivity (Wildman–Crippen MR) is 53.0 cm³/mol. The molecule has 0 spiro atoms. The minimum atomic E-state index is 0. The highest BCUT2D eigenvalue weighted by Gasteiger charge is 1.91. The second-order valence-corrected chi connectivity index (χ2v) is 1.82. The first-order chi connectivity index (χ1) is 4.41. The van der Waals surface area contributed by atoms with E-state index in [1.165, 1.54) is 0 Å². The number of hydrogen-bond acceptors (Lipinski definition) is 3. The van der Waals surface area contributed by atoms with Crippen LogP contribution < -0.4 is 10.6 Å². The van der Waals surface area contributed by atoms with Gasteiger partial charge in [-0.3, -0.25) is 0 Å². The summed E-state index contributed by atoms with van der Waals surface area (Å²) in [4.78, 5) is 0. The summed E-state index contributed by atoms with van der Waals surface area (Å²) < 4.78 is 0. The van der Waals surface area contributed by atoms with Crippen molar-refractivity contribution in [1.82, 2.24) is 10.6 Å². The Morgan fingerprint density at radius 3 is 1.27 bits per heavy atom. The zero-order chi connectivity index (χ0) is 6.95. The summed E-state index contributed by atoms with van der Waals surface area (Å²) in [5.41, 5.74) is 0. The van der Waals surface area contributed by atoms with Crippen molar-refractivity contribution in [2.75, 3.05) is 32.8 Å². The highest BCUT2D eigenvalue weighted by atomic mass is 35.5. The molecule has 1 aliphatic rings. The van der Waals surface area contributed by atoms with Gasteiger partial charge in [0.1, 0.15) is 0 Å². The van der Waals surface area contributed by atoms with Gasteiger partial charge >= 0.3 is 0 Å². The maximum absolute atomic E-state index is 7.57. The molecule has 72 valence electrons. The molecule has 0 aromatic heterocycles. The van der Waals surface area contributed by atoms with Gasteiger partial charge < -0.3 is 15.7 Å². The van der Waals surface area contributed by atoms with Crippen molar-refractivity contribution >= 4 is 24.8 Å². The average molecular weight is 205 g/mol. The lowest BCUT2D eigenvalue weighted by molar-refractivity contribution is 0.318. The largest absolute Gasteiger partial charge is 0.397 e. The second kappa shape index (κ2) is 16.8. The highest BCUT2D eigenvalue weighted by molar-refractivity contribution is 5.85. The number of halogens is 2. The van der Waals surface area contributed by atoms with Gasteiger partial charge in [0.2, 0.25) is 0 Å². The first-order valence-corrected chi connectivity index (χ1v) is 3.44. The molecule has 0 unspecified atom stereocenters. The van der Waals surface area contributed by atoms with Crippen LogP contribution in [0.4, 0.5) is 0 Å². The lowest BCUT2D eigenvalue weighted by atomic mass is 10.4. The summed E-state index contributed by atoms with van der Waals surface area (Å²) in [5.74, 6) is 0. The minimum Gasteiger partial charge on any atom is -0.397 e. The van der Waals surface area contributed by atoms with Crippen molar-refractivity contribution in [3.8, 4) is 0 Å². The molecule has 1 rings (SSSR count). The van der Waals surface area contributed by atoms with Crippen LogP contribution >= 0.6 is 24.8 Å². The first-order valence-electron chi connectivity index (χ1n) is 3.44. The van der Waals surface area contributed by atoms with Crippen LogP contribution in [0.5, 0.6) is 0 Å². The van der Waals surface area contributed by atoms with Crippen LogP contribution in [0, 0.1) is 0 Å². The SMILES string of the molecule is C1CNCCN1.CCO.Cl.Cl.